The Labute approximate surface area is 130 Å². The number of fused-ring (bicyclic) bond motifs is 1. The average Bonchev–Trinajstić information content (AvgIpc) is 3.03. The number of rotatable bonds is 3. The predicted octanol–water partition coefficient (Wildman–Crippen LogP) is 2.96. The summed E-state index contributed by atoms with van der Waals surface area (Å²) in [5.41, 5.74) is 2.70. The van der Waals surface area contributed by atoms with Crippen LogP contribution in [0.25, 0.3) is 4.96 Å². The van der Waals surface area contributed by atoms with Crippen molar-refractivity contribution in [1.82, 2.24) is 9.38 Å². The highest BCUT2D eigenvalue weighted by Crippen LogP contribution is 2.20. The Kier molecular flexibility index (Phi) is 3.42. The van der Waals surface area contributed by atoms with Crippen molar-refractivity contribution in [1.29, 1.82) is 0 Å². The Morgan fingerprint density at radius 2 is 2.09 bits per heavy atom. The van der Waals surface area contributed by atoms with Crippen LogP contribution in [0.5, 0.6) is 0 Å². The number of carboxylic acid groups (broad SMARTS) is 1. The minimum absolute atomic E-state index is 0.127. The number of hydrogen-bond donors (Lipinski definition) is 2. The summed E-state index contributed by atoms with van der Waals surface area (Å²) in [6, 6.07) is 4.61. The molecule has 0 atom stereocenters. The zero-order valence-corrected chi connectivity index (χ0v) is 12.8. The molecule has 6 nitrogen and oxygen atoms in total. The fourth-order valence-electron chi connectivity index (χ4n) is 2.08. The van der Waals surface area contributed by atoms with Crippen molar-refractivity contribution in [2.45, 2.75) is 13.8 Å². The smallest absolute Gasteiger partial charge is 0.335 e. The van der Waals surface area contributed by atoms with E-state index < -0.39 is 5.97 Å². The summed E-state index contributed by atoms with van der Waals surface area (Å²) in [5.74, 6) is -1.39. The van der Waals surface area contributed by atoms with Gasteiger partial charge in [0, 0.05) is 23.0 Å². The van der Waals surface area contributed by atoms with Gasteiger partial charge in [0.1, 0.15) is 5.69 Å². The molecule has 0 bridgehead atoms. The second kappa shape index (κ2) is 5.27. The Bertz CT molecular complexity index is 895. The van der Waals surface area contributed by atoms with E-state index in [-0.39, 0.29) is 11.5 Å². The van der Waals surface area contributed by atoms with E-state index in [1.54, 1.807) is 19.2 Å². The normalized spacial score (nSPS) is 10.8. The molecule has 0 saturated carbocycles. The molecule has 1 aromatic carbocycles. The first-order chi connectivity index (χ1) is 10.5. The third-order valence-electron chi connectivity index (χ3n) is 3.35. The Hall–Kier alpha value is -2.67. The lowest BCUT2D eigenvalue weighted by Gasteiger charge is -2.08. The van der Waals surface area contributed by atoms with Crippen molar-refractivity contribution in [2.24, 2.45) is 0 Å². The summed E-state index contributed by atoms with van der Waals surface area (Å²) >= 11 is 1.46. The molecular formula is C15H13N3O3S. The van der Waals surface area contributed by atoms with E-state index >= 15 is 0 Å². The largest absolute Gasteiger partial charge is 0.478 e. The zero-order chi connectivity index (χ0) is 15.9. The molecule has 3 rings (SSSR count). The van der Waals surface area contributed by atoms with Crippen LogP contribution in [0.2, 0.25) is 0 Å². The number of carbonyl (C=O) groups excluding carboxylic acids is 1. The highest BCUT2D eigenvalue weighted by molar-refractivity contribution is 7.15. The molecule has 0 fully saturated rings. The number of aryl methyl sites for hydroxylation is 2. The van der Waals surface area contributed by atoms with Gasteiger partial charge in [-0.3, -0.25) is 9.20 Å². The highest BCUT2D eigenvalue weighted by Gasteiger charge is 2.15. The van der Waals surface area contributed by atoms with Gasteiger partial charge in [0.15, 0.2) is 4.96 Å². The maximum atomic E-state index is 12.3. The molecule has 0 aliphatic carbocycles. The van der Waals surface area contributed by atoms with Crippen LogP contribution < -0.4 is 5.32 Å². The third-order valence-corrected chi connectivity index (χ3v) is 4.31. The first kappa shape index (κ1) is 14.3. The Balaban J connectivity index is 1.90. The first-order valence-electron chi connectivity index (χ1n) is 6.54. The number of aromatic nitrogens is 2. The molecule has 7 heteroatoms. The summed E-state index contributed by atoms with van der Waals surface area (Å²) in [7, 11) is 0. The van der Waals surface area contributed by atoms with E-state index in [1.807, 2.05) is 16.7 Å². The Morgan fingerprint density at radius 1 is 1.32 bits per heavy atom. The molecule has 0 radical (unpaired) electrons. The van der Waals surface area contributed by atoms with Gasteiger partial charge in [0.05, 0.1) is 5.56 Å². The van der Waals surface area contributed by atoms with Gasteiger partial charge in [-0.15, -0.1) is 11.3 Å². The van der Waals surface area contributed by atoms with Gasteiger partial charge in [-0.2, -0.15) is 0 Å². The van der Waals surface area contributed by atoms with E-state index in [1.165, 1.54) is 23.5 Å². The lowest BCUT2D eigenvalue weighted by atomic mass is 10.1. The van der Waals surface area contributed by atoms with E-state index in [9.17, 15) is 9.59 Å². The van der Waals surface area contributed by atoms with Gasteiger partial charge in [-0.05, 0) is 31.5 Å². The van der Waals surface area contributed by atoms with Crippen LogP contribution in [-0.4, -0.2) is 26.4 Å². The number of carbonyl (C=O) groups is 2. The number of carboxylic acids is 1. The van der Waals surface area contributed by atoms with Gasteiger partial charge in [-0.25, -0.2) is 9.78 Å². The van der Waals surface area contributed by atoms with Crippen molar-refractivity contribution in [3.05, 3.63) is 52.3 Å². The van der Waals surface area contributed by atoms with E-state index in [0.29, 0.717) is 11.4 Å². The molecule has 0 unspecified atom stereocenters. The minimum Gasteiger partial charge on any atom is -0.478 e. The van der Waals surface area contributed by atoms with Gasteiger partial charge in [0.2, 0.25) is 0 Å². The zero-order valence-electron chi connectivity index (χ0n) is 12.0. The number of nitrogens with one attached hydrogen (secondary N) is 1. The number of anilines is 1. The first-order valence-corrected chi connectivity index (χ1v) is 7.42. The number of imidazole rings is 1. The van der Waals surface area contributed by atoms with Crippen molar-refractivity contribution < 1.29 is 14.7 Å². The number of hydrogen-bond acceptors (Lipinski definition) is 4. The second-order valence-corrected chi connectivity index (χ2v) is 5.78. The number of amides is 1. The molecule has 2 aromatic heterocycles. The third kappa shape index (κ3) is 2.46. The topological polar surface area (TPSA) is 83.7 Å². The molecule has 0 saturated heterocycles. The van der Waals surface area contributed by atoms with Crippen LogP contribution in [-0.2, 0) is 0 Å². The van der Waals surface area contributed by atoms with E-state index in [4.69, 9.17) is 5.11 Å². The standard InChI is InChI=1S/C15H13N3O3S/c1-8-3-4-10(14(20)21)5-11(8)16-13(19)12-6-18-9(2)7-22-15(18)17-12/h3-7H,1-2H3,(H,16,19)(H,20,21). The van der Waals surface area contributed by atoms with Gasteiger partial charge >= 0.3 is 5.97 Å². The molecule has 0 aliphatic rings. The molecule has 0 aliphatic heterocycles. The molecule has 2 heterocycles. The summed E-state index contributed by atoms with van der Waals surface area (Å²) < 4.78 is 1.85. The molecule has 22 heavy (non-hydrogen) atoms. The lowest BCUT2D eigenvalue weighted by Crippen LogP contribution is -2.14. The van der Waals surface area contributed by atoms with Crippen LogP contribution in [0, 0.1) is 13.8 Å². The average molecular weight is 315 g/mol. The highest BCUT2D eigenvalue weighted by atomic mass is 32.1. The van der Waals surface area contributed by atoms with Crippen LogP contribution in [0.15, 0.2) is 29.8 Å². The summed E-state index contributed by atoms with van der Waals surface area (Å²) in [5, 5.41) is 13.7. The van der Waals surface area contributed by atoms with Crippen LogP contribution >= 0.6 is 11.3 Å². The maximum Gasteiger partial charge on any atom is 0.335 e. The summed E-state index contributed by atoms with van der Waals surface area (Å²) in [6.45, 7) is 3.74. The van der Waals surface area contributed by atoms with Crippen molar-refractivity contribution in [3.63, 3.8) is 0 Å². The molecule has 112 valence electrons. The van der Waals surface area contributed by atoms with Gasteiger partial charge in [-0.1, -0.05) is 6.07 Å². The number of thiazole rings is 1. The van der Waals surface area contributed by atoms with Crippen molar-refractivity contribution in [2.75, 3.05) is 5.32 Å². The van der Waals surface area contributed by atoms with E-state index in [2.05, 4.69) is 10.3 Å². The molecule has 0 spiro atoms. The fourth-order valence-corrected chi connectivity index (χ4v) is 2.93. The number of aromatic carboxylic acids is 1. The summed E-state index contributed by atoms with van der Waals surface area (Å²) in [4.78, 5) is 28.3. The predicted molar refractivity (Wildman–Crippen MR) is 83.9 cm³/mol. The van der Waals surface area contributed by atoms with E-state index in [0.717, 1.165) is 16.2 Å². The van der Waals surface area contributed by atoms with Crippen LogP contribution in [0.1, 0.15) is 32.1 Å². The Morgan fingerprint density at radius 3 is 2.77 bits per heavy atom. The second-order valence-electron chi connectivity index (χ2n) is 4.94. The molecule has 3 aromatic rings. The van der Waals surface area contributed by atoms with Crippen molar-refractivity contribution in [3.8, 4) is 0 Å². The molecule has 1 amide bonds. The van der Waals surface area contributed by atoms with Crippen LogP contribution in [0.3, 0.4) is 0 Å². The number of benzene rings is 1. The molecular weight excluding hydrogens is 302 g/mol. The van der Waals surface area contributed by atoms with Crippen LogP contribution in [0.4, 0.5) is 5.69 Å². The lowest BCUT2D eigenvalue weighted by molar-refractivity contribution is 0.0696. The van der Waals surface area contributed by atoms with Gasteiger partial charge in [0.25, 0.3) is 5.91 Å². The fraction of sp³-hybridized carbons (Fsp3) is 0.133. The van der Waals surface area contributed by atoms with Crippen molar-refractivity contribution >= 4 is 33.9 Å². The molecule has 2 N–H and O–H groups in total. The number of nitrogens with zero attached hydrogens (tertiary/aromatic N) is 2. The van der Waals surface area contributed by atoms with Gasteiger partial charge < -0.3 is 10.4 Å². The SMILES string of the molecule is Cc1ccc(C(=O)O)cc1NC(=O)c1cn2c(C)csc2n1. The quantitative estimate of drug-likeness (QED) is 0.778. The minimum atomic E-state index is -1.03. The summed E-state index contributed by atoms with van der Waals surface area (Å²) in [6.07, 6.45) is 1.67. The maximum absolute atomic E-state index is 12.3. The monoisotopic (exact) mass is 315 g/mol.